The summed E-state index contributed by atoms with van der Waals surface area (Å²) in [6, 6.07) is 5.29. The van der Waals surface area contributed by atoms with Crippen LogP contribution < -0.4 is 10.6 Å². The molecular weight excluding hydrogens is 448 g/mol. The van der Waals surface area contributed by atoms with Crippen molar-refractivity contribution in [3.05, 3.63) is 24.3 Å². The number of carbonyl (C=O) groups excluding carboxylic acids is 3. The number of nitrogens with zero attached hydrogens (tertiary/aromatic N) is 2. The fourth-order valence-electron chi connectivity index (χ4n) is 4.73. The molecule has 0 atom stereocenters. The van der Waals surface area contributed by atoms with E-state index < -0.39 is 34.0 Å². The Balaban J connectivity index is 1.36. The summed E-state index contributed by atoms with van der Waals surface area (Å²) < 4.78 is 32.0. The number of urea groups is 1. The van der Waals surface area contributed by atoms with Crippen molar-refractivity contribution in [3.63, 3.8) is 0 Å². The van der Waals surface area contributed by atoms with Crippen LogP contribution in [0.3, 0.4) is 0 Å². The second kappa shape index (κ2) is 9.40. The predicted octanol–water partition coefficient (Wildman–Crippen LogP) is 1.54. The molecule has 1 spiro atoms. The molecule has 180 valence electrons. The molecule has 2 heterocycles. The number of hydrogen-bond acceptors (Lipinski definition) is 6. The fourth-order valence-corrected chi connectivity index (χ4v) is 6.14. The lowest BCUT2D eigenvalue weighted by atomic mass is 9.75. The van der Waals surface area contributed by atoms with E-state index in [1.165, 1.54) is 28.6 Å². The molecule has 10 nitrogen and oxygen atoms in total. The number of carbonyl (C=O) groups is 3. The van der Waals surface area contributed by atoms with Crippen molar-refractivity contribution in [1.82, 2.24) is 14.5 Å². The summed E-state index contributed by atoms with van der Waals surface area (Å²) in [6.45, 7) is 3.05. The number of imide groups is 1. The number of hydrogen-bond donors (Lipinski definition) is 2. The summed E-state index contributed by atoms with van der Waals surface area (Å²) in [4.78, 5) is 39.0. The van der Waals surface area contributed by atoms with Crippen LogP contribution >= 0.6 is 0 Å². The first kappa shape index (κ1) is 23.7. The smallest absolute Gasteiger partial charge is 0.325 e. The molecule has 33 heavy (non-hydrogen) atoms. The van der Waals surface area contributed by atoms with E-state index in [-0.39, 0.29) is 10.8 Å². The molecule has 1 saturated carbocycles. The molecule has 11 heteroatoms. The number of anilines is 1. The van der Waals surface area contributed by atoms with Crippen LogP contribution in [0.15, 0.2) is 29.2 Å². The number of morpholine rings is 1. The minimum atomic E-state index is -3.63. The van der Waals surface area contributed by atoms with Crippen LogP contribution in [-0.2, 0) is 24.3 Å². The van der Waals surface area contributed by atoms with Crippen LogP contribution in [0.25, 0.3) is 0 Å². The van der Waals surface area contributed by atoms with E-state index in [0.717, 1.165) is 24.2 Å². The SMILES string of the molecule is CCC1CCC2(CC1)NC(=O)N(CC(=O)Nc1ccc(S(=O)(=O)N3CCOCC3)cc1)C2=O. The van der Waals surface area contributed by atoms with Gasteiger partial charge in [-0.15, -0.1) is 0 Å². The van der Waals surface area contributed by atoms with Crippen LogP contribution in [-0.4, -0.2) is 73.9 Å². The minimum absolute atomic E-state index is 0.126. The number of nitrogens with one attached hydrogen (secondary N) is 2. The molecule has 1 aromatic rings. The fraction of sp³-hybridized carbons (Fsp3) is 0.591. The van der Waals surface area contributed by atoms with Crippen LogP contribution in [0, 0.1) is 5.92 Å². The molecule has 2 saturated heterocycles. The second-order valence-corrected chi connectivity index (χ2v) is 10.8. The molecule has 2 aliphatic heterocycles. The van der Waals surface area contributed by atoms with Gasteiger partial charge in [0.05, 0.1) is 18.1 Å². The Kier molecular flexibility index (Phi) is 6.73. The molecular formula is C22H30N4O6S. The van der Waals surface area contributed by atoms with Gasteiger partial charge in [-0.3, -0.25) is 14.5 Å². The zero-order chi connectivity index (χ0) is 23.6. The Labute approximate surface area is 193 Å². The Bertz CT molecular complexity index is 1010. The van der Waals surface area contributed by atoms with Crippen molar-refractivity contribution in [2.24, 2.45) is 5.92 Å². The maximum absolute atomic E-state index is 13.0. The van der Waals surface area contributed by atoms with Gasteiger partial charge in [-0.05, 0) is 55.9 Å². The highest BCUT2D eigenvalue weighted by Gasteiger charge is 2.52. The standard InChI is InChI=1S/C22H30N4O6S/c1-2-16-7-9-22(10-8-16)20(28)26(21(29)24-22)15-19(27)23-17-3-5-18(6-4-17)33(30,31)25-11-13-32-14-12-25/h3-6,16H,2,7-15H2,1H3,(H,23,27)(H,24,29). The second-order valence-electron chi connectivity index (χ2n) is 8.84. The van der Waals surface area contributed by atoms with E-state index in [2.05, 4.69) is 17.6 Å². The lowest BCUT2D eigenvalue weighted by Gasteiger charge is -2.34. The number of sulfonamides is 1. The topological polar surface area (TPSA) is 125 Å². The average Bonchev–Trinajstić information content (AvgIpc) is 3.04. The Morgan fingerprint density at radius 3 is 2.39 bits per heavy atom. The van der Waals surface area contributed by atoms with Gasteiger partial charge in [-0.1, -0.05) is 13.3 Å². The summed E-state index contributed by atoms with van der Waals surface area (Å²) >= 11 is 0. The van der Waals surface area contributed by atoms with Gasteiger partial charge in [-0.2, -0.15) is 4.31 Å². The van der Waals surface area contributed by atoms with Crippen LogP contribution in [0.2, 0.25) is 0 Å². The van der Waals surface area contributed by atoms with E-state index in [1.54, 1.807) is 0 Å². The Morgan fingerprint density at radius 2 is 1.79 bits per heavy atom. The largest absolute Gasteiger partial charge is 0.379 e. The molecule has 4 rings (SSSR count). The summed E-state index contributed by atoms with van der Waals surface area (Å²) in [5.74, 6) is -0.307. The highest BCUT2D eigenvalue weighted by Crippen LogP contribution is 2.37. The zero-order valence-electron chi connectivity index (χ0n) is 18.7. The van der Waals surface area contributed by atoms with Crippen LogP contribution in [0.1, 0.15) is 39.0 Å². The summed E-state index contributed by atoms with van der Waals surface area (Å²) in [7, 11) is -3.63. The Morgan fingerprint density at radius 1 is 1.15 bits per heavy atom. The van der Waals surface area contributed by atoms with E-state index in [9.17, 15) is 22.8 Å². The van der Waals surface area contributed by atoms with Gasteiger partial charge >= 0.3 is 6.03 Å². The molecule has 4 amide bonds. The van der Waals surface area contributed by atoms with E-state index in [1.807, 2.05) is 0 Å². The third-order valence-corrected chi connectivity index (χ3v) is 8.74. The van der Waals surface area contributed by atoms with Crippen molar-refractivity contribution in [1.29, 1.82) is 0 Å². The van der Waals surface area contributed by atoms with Gasteiger partial charge in [0, 0.05) is 18.8 Å². The molecule has 0 unspecified atom stereocenters. The molecule has 1 aromatic carbocycles. The van der Waals surface area contributed by atoms with Crippen LogP contribution in [0.5, 0.6) is 0 Å². The monoisotopic (exact) mass is 478 g/mol. The molecule has 0 radical (unpaired) electrons. The number of amides is 4. The van der Waals surface area contributed by atoms with E-state index in [4.69, 9.17) is 4.74 Å². The van der Waals surface area contributed by atoms with Gasteiger partial charge < -0.3 is 15.4 Å². The first-order valence-corrected chi connectivity index (χ1v) is 12.8. The van der Waals surface area contributed by atoms with Gasteiger partial charge in [0.15, 0.2) is 0 Å². The maximum atomic E-state index is 13.0. The van der Waals surface area contributed by atoms with Gasteiger partial charge in [0.2, 0.25) is 15.9 Å². The average molecular weight is 479 g/mol. The zero-order valence-corrected chi connectivity index (χ0v) is 19.5. The van der Waals surface area contributed by atoms with E-state index in [0.29, 0.717) is 50.8 Å². The van der Waals surface area contributed by atoms with Gasteiger partial charge in [-0.25, -0.2) is 13.2 Å². The van der Waals surface area contributed by atoms with E-state index >= 15 is 0 Å². The predicted molar refractivity (Wildman–Crippen MR) is 120 cm³/mol. The lowest BCUT2D eigenvalue weighted by molar-refractivity contribution is -0.135. The summed E-state index contributed by atoms with van der Waals surface area (Å²) in [5, 5.41) is 5.45. The highest BCUT2D eigenvalue weighted by molar-refractivity contribution is 7.89. The number of rotatable bonds is 6. The van der Waals surface area contributed by atoms with Crippen molar-refractivity contribution in [3.8, 4) is 0 Å². The molecule has 0 bridgehead atoms. The summed E-state index contributed by atoms with van der Waals surface area (Å²) in [6.07, 6.45) is 3.99. The lowest BCUT2D eigenvalue weighted by Crippen LogP contribution is -2.49. The molecule has 3 aliphatic rings. The number of ether oxygens (including phenoxy) is 1. The maximum Gasteiger partial charge on any atom is 0.325 e. The number of benzene rings is 1. The van der Waals surface area contributed by atoms with Crippen molar-refractivity contribution >= 4 is 33.6 Å². The van der Waals surface area contributed by atoms with Gasteiger partial charge in [0.25, 0.3) is 5.91 Å². The third-order valence-electron chi connectivity index (χ3n) is 6.83. The first-order chi connectivity index (χ1) is 15.7. The molecule has 3 fully saturated rings. The molecule has 2 N–H and O–H groups in total. The minimum Gasteiger partial charge on any atom is -0.379 e. The van der Waals surface area contributed by atoms with Crippen molar-refractivity contribution in [2.45, 2.75) is 49.5 Å². The van der Waals surface area contributed by atoms with Gasteiger partial charge in [0.1, 0.15) is 12.1 Å². The first-order valence-electron chi connectivity index (χ1n) is 11.4. The summed E-state index contributed by atoms with van der Waals surface area (Å²) in [5.41, 5.74) is -0.510. The van der Waals surface area contributed by atoms with Crippen molar-refractivity contribution in [2.75, 3.05) is 38.2 Å². The quantitative estimate of drug-likeness (QED) is 0.598. The Hall–Kier alpha value is -2.50. The van der Waals surface area contributed by atoms with Crippen molar-refractivity contribution < 1.29 is 27.5 Å². The molecule has 0 aromatic heterocycles. The molecule has 1 aliphatic carbocycles. The normalized spacial score (nSPS) is 26.5. The van der Waals surface area contributed by atoms with Crippen LogP contribution in [0.4, 0.5) is 10.5 Å². The third kappa shape index (κ3) is 4.75. The highest BCUT2D eigenvalue weighted by atomic mass is 32.2.